The van der Waals surface area contributed by atoms with Gasteiger partial charge in [-0.1, -0.05) is 23.7 Å². The van der Waals surface area contributed by atoms with Crippen LogP contribution in [-0.2, 0) is 16.0 Å². The smallest absolute Gasteiger partial charge is 0.253 e. The van der Waals surface area contributed by atoms with Gasteiger partial charge in [0.1, 0.15) is 6.61 Å². The molecule has 2 aromatic rings. The fourth-order valence-corrected chi connectivity index (χ4v) is 3.80. The summed E-state index contributed by atoms with van der Waals surface area (Å²) in [7, 11) is 0. The largest absolute Gasteiger partial charge is 0.396 e. The molecule has 5 nitrogen and oxygen atoms in total. The molecule has 2 aliphatic rings. The van der Waals surface area contributed by atoms with Crippen molar-refractivity contribution in [1.29, 1.82) is 0 Å². The fourth-order valence-electron chi connectivity index (χ4n) is 3.48. The Morgan fingerprint density at radius 3 is 2.96 bits per heavy atom. The summed E-state index contributed by atoms with van der Waals surface area (Å²) < 4.78 is 5.20. The number of morpholine rings is 1. The van der Waals surface area contributed by atoms with Crippen molar-refractivity contribution in [2.24, 2.45) is 0 Å². The molecule has 1 fully saturated rings. The summed E-state index contributed by atoms with van der Waals surface area (Å²) in [5, 5.41) is 10.1. The monoisotopic (exact) mass is 370 g/mol. The molecule has 1 N–H and O–H groups in total. The molecular formula is C20H19ClN2O3. The number of ether oxygens (including phenoxy) is 1. The first-order chi connectivity index (χ1) is 12.7. The Kier molecular flexibility index (Phi) is 4.76. The van der Waals surface area contributed by atoms with Crippen molar-refractivity contribution >= 4 is 28.8 Å². The SMILES string of the molecule is O=C1COCCN1c1cccc(-c2cnc3c(c2)C(CCO)=C(Cl)C3)c1. The first kappa shape index (κ1) is 17.2. The van der Waals surface area contributed by atoms with Gasteiger partial charge in [-0.2, -0.15) is 0 Å². The number of pyridine rings is 1. The molecule has 0 spiro atoms. The van der Waals surface area contributed by atoms with E-state index in [1.807, 2.05) is 30.5 Å². The van der Waals surface area contributed by atoms with Crippen LogP contribution in [-0.4, -0.2) is 42.4 Å². The van der Waals surface area contributed by atoms with Gasteiger partial charge in [-0.15, -0.1) is 0 Å². The Morgan fingerprint density at radius 1 is 1.27 bits per heavy atom. The quantitative estimate of drug-likeness (QED) is 0.898. The maximum Gasteiger partial charge on any atom is 0.253 e. The maximum atomic E-state index is 12.1. The van der Waals surface area contributed by atoms with Gasteiger partial charge in [0.15, 0.2) is 0 Å². The lowest BCUT2D eigenvalue weighted by Crippen LogP contribution is -2.41. The summed E-state index contributed by atoms with van der Waals surface area (Å²) in [6, 6.07) is 9.95. The Balaban J connectivity index is 1.69. The second-order valence-electron chi connectivity index (χ2n) is 6.40. The maximum absolute atomic E-state index is 12.1. The number of aromatic nitrogens is 1. The van der Waals surface area contributed by atoms with E-state index < -0.39 is 0 Å². The van der Waals surface area contributed by atoms with Gasteiger partial charge in [0, 0.05) is 47.6 Å². The molecule has 6 heteroatoms. The second-order valence-corrected chi connectivity index (χ2v) is 6.86. The predicted octanol–water partition coefficient (Wildman–Crippen LogP) is 3.00. The number of amides is 1. The minimum absolute atomic E-state index is 0.0274. The normalized spacial score (nSPS) is 17.0. The number of allylic oxidation sites excluding steroid dienone is 1. The zero-order valence-electron chi connectivity index (χ0n) is 14.2. The number of rotatable bonds is 4. The Hall–Kier alpha value is -2.21. The Labute approximate surface area is 156 Å². The highest BCUT2D eigenvalue weighted by atomic mass is 35.5. The van der Waals surface area contributed by atoms with Crippen molar-refractivity contribution in [3.8, 4) is 11.1 Å². The Morgan fingerprint density at radius 2 is 2.15 bits per heavy atom. The van der Waals surface area contributed by atoms with Crippen LogP contribution in [0.1, 0.15) is 17.7 Å². The van der Waals surface area contributed by atoms with Crippen molar-refractivity contribution in [2.75, 3.05) is 31.3 Å². The van der Waals surface area contributed by atoms with E-state index in [9.17, 15) is 9.90 Å². The van der Waals surface area contributed by atoms with Gasteiger partial charge in [-0.05, 0) is 35.8 Å². The van der Waals surface area contributed by atoms with Gasteiger partial charge in [-0.25, -0.2) is 0 Å². The summed E-state index contributed by atoms with van der Waals surface area (Å²) in [4.78, 5) is 18.4. The van der Waals surface area contributed by atoms with Gasteiger partial charge in [0.25, 0.3) is 5.91 Å². The molecule has 134 valence electrons. The van der Waals surface area contributed by atoms with Crippen LogP contribution in [0.2, 0.25) is 0 Å². The molecule has 1 aliphatic carbocycles. The molecule has 1 saturated heterocycles. The molecule has 0 unspecified atom stereocenters. The summed E-state index contributed by atoms with van der Waals surface area (Å²) in [6.45, 7) is 1.29. The number of nitrogens with zero attached hydrogens (tertiary/aromatic N) is 2. The van der Waals surface area contributed by atoms with Crippen LogP contribution >= 0.6 is 11.6 Å². The molecule has 1 amide bonds. The molecule has 0 bridgehead atoms. The highest BCUT2D eigenvalue weighted by molar-refractivity contribution is 6.33. The predicted molar refractivity (Wildman–Crippen MR) is 101 cm³/mol. The summed E-state index contributed by atoms with van der Waals surface area (Å²) >= 11 is 6.34. The van der Waals surface area contributed by atoms with E-state index in [0.29, 0.717) is 26.0 Å². The number of anilines is 1. The van der Waals surface area contributed by atoms with E-state index >= 15 is 0 Å². The lowest BCUT2D eigenvalue weighted by Gasteiger charge is -2.27. The number of halogens is 1. The van der Waals surface area contributed by atoms with E-state index in [1.54, 1.807) is 4.90 Å². The van der Waals surface area contributed by atoms with Crippen molar-refractivity contribution in [1.82, 2.24) is 4.98 Å². The molecule has 0 saturated carbocycles. The van der Waals surface area contributed by atoms with E-state index in [0.717, 1.165) is 38.7 Å². The molecule has 26 heavy (non-hydrogen) atoms. The van der Waals surface area contributed by atoms with Crippen molar-refractivity contribution in [3.05, 3.63) is 52.8 Å². The third-order valence-electron chi connectivity index (χ3n) is 4.78. The molecule has 1 aromatic heterocycles. The molecule has 1 aromatic carbocycles. The highest BCUT2D eigenvalue weighted by Gasteiger charge is 2.23. The van der Waals surface area contributed by atoms with Crippen molar-refractivity contribution in [2.45, 2.75) is 12.8 Å². The van der Waals surface area contributed by atoms with Crippen molar-refractivity contribution < 1.29 is 14.6 Å². The molecule has 2 heterocycles. The average molecular weight is 371 g/mol. The van der Waals surface area contributed by atoms with Gasteiger partial charge >= 0.3 is 0 Å². The first-order valence-electron chi connectivity index (χ1n) is 8.63. The topological polar surface area (TPSA) is 62.7 Å². The van der Waals surface area contributed by atoms with Crippen LogP contribution in [0.15, 0.2) is 41.6 Å². The number of hydrogen-bond acceptors (Lipinski definition) is 4. The van der Waals surface area contributed by atoms with Gasteiger partial charge in [0.05, 0.1) is 12.3 Å². The number of aliphatic hydroxyl groups is 1. The summed E-state index contributed by atoms with van der Waals surface area (Å²) in [6.07, 6.45) is 2.99. The summed E-state index contributed by atoms with van der Waals surface area (Å²) in [5.41, 5.74) is 5.74. The minimum atomic E-state index is -0.0274. The molecule has 4 rings (SSSR count). The average Bonchev–Trinajstić information content (AvgIpc) is 2.97. The second kappa shape index (κ2) is 7.19. The fraction of sp³-hybridized carbons (Fsp3) is 0.300. The number of carbonyl (C=O) groups is 1. The lowest BCUT2D eigenvalue weighted by molar-refractivity contribution is -0.125. The highest BCUT2D eigenvalue weighted by Crippen LogP contribution is 2.38. The number of benzene rings is 1. The van der Waals surface area contributed by atoms with Crippen LogP contribution in [0.4, 0.5) is 5.69 Å². The third kappa shape index (κ3) is 3.14. The van der Waals surface area contributed by atoms with Crippen LogP contribution in [0.25, 0.3) is 16.7 Å². The molecular weight excluding hydrogens is 352 g/mol. The van der Waals surface area contributed by atoms with Crippen LogP contribution < -0.4 is 4.90 Å². The molecule has 1 aliphatic heterocycles. The number of fused-ring (bicyclic) bond motifs is 1. The lowest BCUT2D eigenvalue weighted by atomic mass is 10.0. The van der Waals surface area contributed by atoms with Gasteiger partial charge < -0.3 is 14.7 Å². The minimum Gasteiger partial charge on any atom is -0.396 e. The van der Waals surface area contributed by atoms with E-state index in [4.69, 9.17) is 16.3 Å². The van der Waals surface area contributed by atoms with Crippen LogP contribution in [0.3, 0.4) is 0 Å². The number of aliphatic hydroxyl groups excluding tert-OH is 1. The molecule has 0 atom stereocenters. The molecule has 0 radical (unpaired) electrons. The Bertz CT molecular complexity index is 894. The summed E-state index contributed by atoms with van der Waals surface area (Å²) in [5.74, 6) is -0.0274. The van der Waals surface area contributed by atoms with E-state index in [2.05, 4.69) is 11.1 Å². The van der Waals surface area contributed by atoms with Gasteiger partial charge in [0.2, 0.25) is 0 Å². The van der Waals surface area contributed by atoms with E-state index in [1.165, 1.54) is 0 Å². The number of hydrogen-bond donors (Lipinski definition) is 1. The van der Waals surface area contributed by atoms with E-state index in [-0.39, 0.29) is 19.1 Å². The zero-order valence-corrected chi connectivity index (χ0v) is 15.0. The van der Waals surface area contributed by atoms with Crippen LogP contribution in [0, 0.1) is 0 Å². The first-order valence-corrected chi connectivity index (χ1v) is 9.01. The standard InChI is InChI=1S/C20H19ClN2O3/c21-18-10-19-17(16(18)4-6-24)9-14(11-22-19)13-2-1-3-15(8-13)23-5-7-26-12-20(23)25/h1-3,8-9,11,24H,4-7,10,12H2. The number of carbonyl (C=O) groups excluding carboxylic acids is 1. The van der Waals surface area contributed by atoms with Crippen molar-refractivity contribution in [3.63, 3.8) is 0 Å². The third-order valence-corrected chi connectivity index (χ3v) is 5.15. The van der Waals surface area contributed by atoms with Gasteiger partial charge in [-0.3, -0.25) is 9.78 Å². The zero-order chi connectivity index (χ0) is 18.1. The van der Waals surface area contributed by atoms with Crippen LogP contribution in [0.5, 0.6) is 0 Å².